The summed E-state index contributed by atoms with van der Waals surface area (Å²) < 4.78 is 36.9. The number of para-hydroxylation sites is 1. The molecule has 0 aliphatic rings. The quantitative estimate of drug-likeness (QED) is 0.427. The Morgan fingerprint density at radius 1 is 1.20 bits per heavy atom. The van der Waals surface area contributed by atoms with Crippen molar-refractivity contribution >= 4 is 38.7 Å². The van der Waals surface area contributed by atoms with Crippen LogP contribution in [0.1, 0.15) is 22.6 Å². The average Bonchev–Trinajstić information content (AvgIpc) is 2.27. The van der Waals surface area contributed by atoms with Gasteiger partial charge in [0.2, 0.25) is 0 Å². The second kappa shape index (κ2) is 9.17. The van der Waals surface area contributed by atoms with E-state index in [4.69, 9.17) is 18.8 Å². The van der Waals surface area contributed by atoms with E-state index in [0.717, 1.165) is 6.42 Å². The number of rotatable bonds is 8. The van der Waals surface area contributed by atoms with Crippen LogP contribution in [0.4, 0.5) is 0 Å². The third-order valence-electron chi connectivity index (χ3n) is 1.91. The van der Waals surface area contributed by atoms with Gasteiger partial charge in [0.25, 0.3) is 0 Å². The van der Waals surface area contributed by atoms with Gasteiger partial charge in [-0.05, 0) is 18.6 Å². The van der Waals surface area contributed by atoms with Crippen molar-refractivity contribution in [3.05, 3.63) is 30.3 Å². The van der Waals surface area contributed by atoms with Gasteiger partial charge in [0.1, 0.15) is 5.75 Å². The zero-order chi connectivity index (χ0) is 14.4. The molecule has 0 aliphatic carbocycles. The van der Waals surface area contributed by atoms with E-state index >= 15 is 0 Å². The molecular formula is C10H18MgO7P2. The smallest absolute Gasteiger partial charge is 1.00 e. The van der Waals surface area contributed by atoms with E-state index in [-0.39, 0.29) is 38.3 Å². The van der Waals surface area contributed by atoms with Crippen molar-refractivity contribution < 1.29 is 35.1 Å². The van der Waals surface area contributed by atoms with Gasteiger partial charge >= 0.3 is 38.7 Å². The molecule has 112 valence electrons. The molecule has 1 rings (SSSR count). The van der Waals surface area contributed by atoms with E-state index in [0.29, 0.717) is 6.42 Å². The third kappa shape index (κ3) is 8.39. The number of benzene rings is 1. The molecule has 1 unspecified atom stereocenters. The summed E-state index contributed by atoms with van der Waals surface area (Å²) in [5.74, 6) is 0.135. The van der Waals surface area contributed by atoms with Gasteiger partial charge in [-0.2, -0.15) is 4.31 Å². The molecule has 0 saturated carbocycles. The first-order valence-corrected chi connectivity index (χ1v) is 8.60. The van der Waals surface area contributed by atoms with Gasteiger partial charge in [0.05, 0.1) is 6.61 Å². The first-order chi connectivity index (χ1) is 8.85. The molecule has 0 spiro atoms. The molecule has 10 heteroatoms. The van der Waals surface area contributed by atoms with Crippen LogP contribution in [-0.2, 0) is 18.0 Å². The molecule has 20 heavy (non-hydrogen) atoms. The summed E-state index contributed by atoms with van der Waals surface area (Å²) in [5, 5.41) is 0. The Balaban J connectivity index is -0.00000120. The molecule has 0 bridgehead atoms. The largest absolute Gasteiger partial charge is 2.00 e. The SMILES string of the molecule is CCCCOP(=O)(Oc1ccccc1)OP(=O)(O)O.[H-].[H-].[Mg+2]. The number of phosphoric ester groups is 1. The summed E-state index contributed by atoms with van der Waals surface area (Å²) in [6, 6.07) is 7.88. The van der Waals surface area contributed by atoms with Gasteiger partial charge in [-0.25, -0.2) is 9.13 Å². The molecule has 0 heterocycles. The van der Waals surface area contributed by atoms with Crippen LogP contribution in [0.5, 0.6) is 5.75 Å². The Hall–Kier alpha value is 0.0862. The van der Waals surface area contributed by atoms with Gasteiger partial charge in [-0.3, -0.25) is 4.52 Å². The molecule has 1 atom stereocenters. The minimum absolute atomic E-state index is 0. The summed E-state index contributed by atoms with van der Waals surface area (Å²) >= 11 is 0. The maximum atomic E-state index is 12.1. The predicted octanol–water partition coefficient (Wildman–Crippen LogP) is 2.94. The number of hydrogen-bond acceptors (Lipinski definition) is 5. The second-order valence-corrected chi connectivity index (χ2v) is 6.58. The van der Waals surface area contributed by atoms with Crippen LogP contribution in [0, 0.1) is 0 Å². The van der Waals surface area contributed by atoms with Crippen molar-refractivity contribution in [3.63, 3.8) is 0 Å². The monoisotopic (exact) mass is 336 g/mol. The van der Waals surface area contributed by atoms with Crippen LogP contribution >= 0.6 is 15.6 Å². The Labute approximate surface area is 136 Å². The van der Waals surface area contributed by atoms with Crippen molar-refractivity contribution in [2.75, 3.05) is 6.61 Å². The van der Waals surface area contributed by atoms with Crippen LogP contribution in [0.3, 0.4) is 0 Å². The van der Waals surface area contributed by atoms with Crippen LogP contribution in [-0.4, -0.2) is 39.4 Å². The molecule has 0 aliphatic heterocycles. The van der Waals surface area contributed by atoms with E-state index in [1.165, 1.54) is 12.1 Å². The van der Waals surface area contributed by atoms with E-state index in [9.17, 15) is 9.13 Å². The predicted molar refractivity (Wildman–Crippen MR) is 76.6 cm³/mol. The van der Waals surface area contributed by atoms with Crippen LogP contribution in [0.15, 0.2) is 30.3 Å². The number of hydrogen-bond donors (Lipinski definition) is 2. The summed E-state index contributed by atoms with van der Waals surface area (Å²) in [4.78, 5) is 17.5. The van der Waals surface area contributed by atoms with Crippen molar-refractivity contribution in [3.8, 4) is 5.75 Å². The summed E-state index contributed by atoms with van der Waals surface area (Å²) in [5.41, 5.74) is 0. The Bertz CT molecular complexity index is 485. The van der Waals surface area contributed by atoms with Gasteiger partial charge in [0, 0.05) is 0 Å². The summed E-state index contributed by atoms with van der Waals surface area (Å²) in [6.07, 6.45) is 1.33. The van der Waals surface area contributed by atoms with Crippen molar-refractivity contribution in [2.24, 2.45) is 0 Å². The normalized spacial score (nSPS) is 14.2. The number of unbranched alkanes of at least 4 members (excludes halogenated alkanes) is 1. The Morgan fingerprint density at radius 3 is 2.30 bits per heavy atom. The van der Waals surface area contributed by atoms with Crippen LogP contribution < -0.4 is 4.52 Å². The standard InChI is InChI=1S/C10H16O7P2.Mg.2H/c1-2-3-9-15-19(14,17-18(11,12)13)16-10-7-5-4-6-8-10;;;/h4-8H,2-3,9H2,1H3,(H2,11,12,13);;;/q;+2;2*-1. The van der Waals surface area contributed by atoms with Crippen LogP contribution in [0.2, 0.25) is 0 Å². The zero-order valence-corrected chi connectivity index (χ0v) is 14.2. The minimum Gasteiger partial charge on any atom is -1.00 e. The Morgan fingerprint density at radius 2 is 1.80 bits per heavy atom. The zero-order valence-electron chi connectivity index (χ0n) is 13.0. The first-order valence-electron chi connectivity index (χ1n) is 5.61. The molecule has 0 aromatic heterocycles. The maximum Gasteiger partial charge on any atom is 2.00 e. The summed E-state index contributed by atoms with van der Waals surface area (Å²) in [7, 11) is -9.34. The summed E-state index contributed by atoms with van der Waals surface area (Å²) in [6.45, 7) is 1.90. The van der Waals surface area contributed by atoms with Gasteiger partial charge < -0.3 is 17.2 Å². The average molecular weight is 336 g/mol. The van der Waals surface area contributed by atoms with E-state index < -0.39 is 15.6 Å². The molecular weight excluding hydrogens is 318 g/mol. The maximum absolute atomic E-state index is 12.1. The van der Waals surface area contributed by atoms with Crippen molar-refractivity contribution in [1.82, 2.24) is 0 Å². The first kappa shape index (κ1) is 20.1. The third-order valence-corrected chi connectivity index (χ3v) is 4.50. The van der Waals surface area contributed by atoms with Gasteiger partial charge in [-0.15, -0.1) is 0 Å². The molecule has 1 aromatic carbocycles. The minimum atomic E-state index is -4.99. The fourth-order valence-corrected chi connectivity index (χ4v) is 3.28. The van der Waals surface area contributed by atoms with E-state index in [1.807, 2.05) is 6.92 Å². The Kier molecular flexibility index (Phi) is 9.21. The molecule has 0 radical (unpaired) electrons. The molecule has 2 N–H and O–H groups in total. The molecule has 0 amide bonds. The molecule has 1 aromatic rings. The number of phosphoric acid groups is 2. The fraction of sp³-hybridized carbons (Fsp3) is 0.400. The van der Waals surface area contributed by atoms with Crippen molar-refractivity contribution in [2.45, 2.75) is 19.8 Å². The molecule has 0 fully saturated rings. The van der Waals surface area contributed by atoms with Crippen LogP contribution in [0.25, 0.3) is 0 Å². The van der Waals surface area contributed by atoms with Crippen molar-refractivity contribution in [1.29, 1.82) is 0 Å². The molecule has 7 nitrogen and oxygen atoms in total. The second-order valence-electron chi connectivity index (χ2n) is 3.61. The molecule has 0 saturated heterocycles. The fourth-order valence-electron chi connectivity index (χ4n) is 1.13. The van der Waals surface area contributed by atoms with E-state index in [2.05, 4.69) is 4.31 Å². The van der Waals surface area contributed by atoms with Gasteiger partial charge in [0.15, 0.2) is 0 Å². The van der Waals surface area contributed by atoms with Gasteiger partial charge in [-0.1, -0.05) is 31.5 Å². The van der Waals surface area contributed by atoms with E-state index in [1.54, 1.807) is 18.2 Å². The topological polar surface area (TPSA) is 102 Å².